The highest BCUT2D eigenvalue weighted by Crippen LogP contribution is 2.30. The van der Waals surface area contributed by atoms with E-state index < -0.39 is 0 Å². The van der Waals surface area contributed by atoms with Crippen molar-refractivity contribution in [2.45, 2.75) is 25.9 Å². The lowest BCUT2D eigenvalue weighted by Crippen LogP contribution is -2.15. The van der Waals surface area contributed by atoms with E-state index in [1.807, 2.05) is 24.3 Å². The van der Waals surface area contributed by atoms with Crippen LogP contribution in [-0.4, -0.2) is 20.3 Å². The summed E-state index contributed by atoms with van der Waals surface area (Å²) in [6.07, 6.45) is 4.38. The summed E-state index contributed by atoms with van der Waals surface area (Å²) in [4.78, 5) is 34.7. The number of carbonyl (C=O) groups is 1. The number of nitrogens with zero attached hydrogens (tertiary/aromatic N) is 3. The van der Waals surface area contributed by atoms with E-state index in [4.69, 9.17) is 9.72 Å². The van der Waals surface area contributed by atoms with Gasteiger partial charge >= 0.3 is 5.97 Å². The van der Waals surface area contributed by atoms with E-state index in [1.54, 1.807) is 11.6 Å². The maximum atomic E-state index is 12.9. The lowest BCUT2D eigenvalue weighted by Gasteiger charge is -2.12. The number of aryl methyl sites for hydroxylation is 1. The molecule has 1 aliphatic carbocycles. The van der Waals surface area contributed by atoms with E-state index in [2.05, 4.69) is 4.98 Å². The molecular weight excluding hydrogens is 362 g/mol. The topological polar surface area (TPSA) is 73.6 Å². The van der Waals surface area contributed by atoms with E-state index in [-0.39, 0.29) is 18.1 Å². The minimum Gasteiger partial charge on any atom is -0.456 e. The van der Waals surface area contributed by atoms with Gasteiger partial charge in [0, 0.05) is 28.7 Å². The number of thiazole rings is 1. The van der Waals surface area contributed by atoms with Crippen LogP contribution >= 0.6 is 11.3 Å². The quantitative estimate of drug-likeness (QED) is 0.513. The van der Waals surface area contributed by atoms with Crippen molar-refractivity contribution in [3.8, 4) is 0 Å². The van der Waals surface area contributed by atoms with Gasteiger partial charge in [-0.05, 0) is 30.9 Å². The van der Waals surface area contributed by atoms with Crippen LogP contribution in [-0.2, 0) is 24.2 Å². The first-order valence-corrected chi connectivity index (χ1v) is 9.62. The molecule has 0 amide bonds. The number of ether oxygens (including phenoxy) is 1. The van der Waals surface area contributed by atoms with E-state index in [1.165, 1.54) is 21.8 Å². The largest absolute Gasteiger partial charge is 0.456 e. The van der Waals surface area contributed by atoms with Crippen molar-refractivity contribution in [1.29, 1.82) is 0 Å². The minimum atomic E-state index is -0.389. The number of esters is 1. The number of fused-ring (bicyclic) bond motifs is 3. The van der Waals surface area contributed by atoms with Crippen LogP contribution in [0.15, 0.2) is 46.7 Å². The van der Waals surface area contributed by atoms with E-state index in [0.717, 1.165) is 41.4 Å². The Morgan fingerprint density at radius 3 is 3.04 bits per heavy atom. The van der Waals surface area contributed by atoms with Gasteiger partial charge in [0.05, 0.1) is 16.8 Å². The third kappa shape index (κ3) is 2.71. The summed E-state index contributed by atoms with van der Waals surface area (Å²) in [5.41, 5.74) is 3.65. The Hall–Kier alpha value is -3.06. The summed E-state index contributed by atoms with van der Waals surface area (Å²) in [6, 6.07) is 9.04. The average molecular weight is 377 g/mol. The number of para-hydroxylation sites is 1. The molecule has 0 saturated carbocycles. The number of hydrogen-bond acceptors (Lipinski definition) is 6. The number of benzene rings is 1. The predicted octanol–water partition coefficient (Wildman–Crippen LogP) is 3.15. The fourth-order valence-corrected chi connectivity index (χ4v) is 4.36. The van der Waals surface area contributed by atoms with Gasteiger partial charge in [-0.3, -0.25) is 14.2 Å². The number of rotatable bonds is 3. The van der Waals surface area contributed by atoms with Crippen molar-refractivity contribution in [1.82, 2.24) is 14.4 Å². The number of carbonyl (C=O) groups excluding carboxylic acids is 1. The second-order valence-corrected chi connectivity index (χ2v) is 7.37. The molecule has 6 nitrogen and oxygen atoms in total. The lowest BCUT2D eigenvalue weighted by molar-refractivity contribution is 0.0469. The first kappa shape index (κ1) is 16.1. The maximum Gasteiger partial charge on any atom is 0.339 e. The van der Waals surface area contributed by atoms with E-state index >= 15 is 0 Å². The third-order valence-electron chi connectivity index (χ3n) is 4.83. The summed E-state index contributed by atoms with van der Waals surface area (Å²) in [7, 11) is 0. The smallest absolute Gasteiger partial charge is 0.339 e. The second kappa shape index (κ2) is 6.28. The molecule has 1 aliphatic rings. The van der Waals surface area contributed by atoms with Gasteiger partial charge in [0.15, 0.2) is 4.96 Å². The van der Waals surface area contributed by atoms with Gasteiger partial charge in [-0.15, -0.1) is 11.3 Å². The molecule has 3 aromatic heterocycles. The molecule has 4 aromatic rings. The number of pyridine rings is 1. The molecule has 0 bridgehead atoms. The Kier molecular flexibility index (Phi) is 3.75. The average Bonchev–Trinajstić information content (AvgIpc) is 3.33. The van der Waals surface area contributed by atoms with Gasteiger partial charge in [-0.2, -0.15) is 0 Å². The molecule has 27 heavy (non-hydrogen) atoms. The van der Waals surface area contributed by atoms with Crippen LogP contribution in [0.2, 0.25) is 0 Å². The summed E-state index contributed by atoms with van der Waals surface area (Å²) >= 11 is 1.37. The zero-order valence-electron chi connectivity index (χ0n) is 14.3. The third-order valence-corrected chi connectivity index (χ3v) is 5.59. The van der Waals surface area contributed by atoms with E-state index in [9.17, 15) is 9.59 Å². The fourth-order valence-electron chi connectivity index (χ4n) is 3.62. The van der Waals surface area contributed by atoms with Gasteiger partial charge in [0.25, 0.3) is 5.56 Å². The Bertz CT molecular complexity index is 1260. The Labute approximate surface area is 158 Å². The van der Waals surface area contributed by atoms with Crippen LogP contribution in [0.3, 0.4) is 0 Å². The molecular formula is C20H15N3O3S. The Morgan fingerprint density at radius 2 is 2.11 bits per heavy atom. The Morgan fingerprint density at radius 1 is 1.22 bits per heavy atom. The SMILES string of the molecule is O=C(OCc1cc(=O)n2ccsc2n1)c1c2c(nc3ccccc13)CCC2. The van der Waals surface area contributed by atoms with Crippen molar-refractivity contribution in [3.63, 3.8) is 0 Å². The van der Waals surface area contributed by atoms with Crippen LogP contribution in [0.5, 0.6) is 0 Å². The second-order valence-electron chi connectivity index (χ2n) is 6.50. The van der Waals surface area contributed by atoms with Crippen LogP contribution in [0.1, 0.15) is 33.7 Å². The summed E-state index contributed by atoms with van der Waals surface area (Å²) in [6.45, 7) is -0.0338. The van der Waals surface area contributed by atoms with Gasteiger partial charge in [0.1, 0.15) is 6.61 Å². The minimum absolute atomic E-state index is 0.0338. The highest BCUT2D eigenvalue weighted by atomic mass is 32.1. The molecule has 5 rings (SSSR count). The summed E-state index contributed by atoms with van der Waals surface area (Å²) < 4.78 is 7.03. The maximum absolute atomic E-state index is 12.9. The zero-order chi connectivity index (χ0) is 18.4. The molecule has 0 radical (unpaired) electrons. The van der Waals surface area contributed by atoms with E-state index in [0.29, 0.717) is 16.2 Å². The van der Waals surface area contributed by atoms with Crippen molar-refractivity contribution in [2.75, 3.05) is 0 Å². The standard InChI is InChI=1S/C20H15N3O3S/c24-17-10-12(21-20-23(17)8-9-27-20)11-26-19(25)18-13-4-1-2-6-15(13)22-16-7-3-5-14(16)18/h1-2,4,6,8-10H,3,5,7,11H2. The first-order valence-electron chi connectivity index (χ1n) is 8.74. The normalized spacial score (nSPS) is 13.2. The summed E-state index contributed by atoms with van der Waals surface area (Å²) in [5, 5.41) is 2.61. The van der Waals surface area contributed by atoms with Crippen LogP contribution in [0.4, 0.5) is 0 Å². The van der Waals surface area contributed by atoms with Gasteiger partial charge in [-0.25, -0.2) is 9.78 Å². The molecule has 3 heterocycles. The molecule has 0 fully saturated rings. The summed E-state index contributed by atoms with van der Waals surface area (Å²) in [5.74, 6) is -0.389. The highest BCUT2D eigenvalue weighted by molar-refractivity contribution is 7.15. The van der Waals surface area contributed by atoms with Gasteiger partial charge in [0.2, 0.25) is 0 Å². The van der Waals surface area contributed by atoms with Crippen LogP contribution in [0, 0.1) is 0 Å². The van der Waals surface area contributed by atoms with Gasteiger partial charge < -0.3 is 4.74 Å². The molecule has 7 heteroatoms. The molecule has 0 saturated heterocycles. The van der Waals surface area contributed by atoms with Gasteiger partial charge in [-0.1, -0.05) is 18.2 Å². The van der Waals surface area contributed by atoms with Crippen LogP contribution < -0.4 is 5.56 Å². The zero-order valence-corrected chi connectivity index (χ0v) is 15.2. The van der Waals surface area contributed by atoms with Crippen molar-refractivity contribution in [2.24, 2.45) is 0 Å². The van der Waals surface area contributed by atoms with Crippen molar-refractivity contribution in [3.05, 3.63) is 74.8 Å². The monoisotopic (exact) mass is 377 g/mol. The Balaban J connectivity index is 1.50. The molecule has 0 unspecified atom stereocenters. The predicted molar refractivity (Wildman–Crippen MR) is 102 cm³/mol. The highest BCUT2D eigenvalue weighted by Gasteiger charge is 2.24. The van der Waals surface area contributed by atoms with Crippen molar-refractivity contribution < 1.29 is 9.53 Å². The molecule has 1 aromatic carbocycles. The number of aromatic nitrogens is 3. The van der Waals surface area contributed by atoms with Crippen LogP contribution in [0.25, 0.3) is 15.9 Å². The van der Waals surface area contributed by atoms with Crippen molar-refractivity contribution >= 4 is 33.2 Å². The lowest BCUT2D eigenvalue weighted by atomic mass is 10.0. The molecule has 0 atom stereocenters. The molecule has 0 N–H and O–H groups in total. The first-order chi connectivity index (χ1) is 13.2. The molecule has 0 aliphatic heterocycles. The number of hydrogen-bond donors (Lipinski definition) is 0. The fraction of sp³-hybridized carbons (Fsp3) is 0.200. The molecule has 0 spiro atoms. The molecule has 134 valence electrons.